The molecule has 1 aliphatic carbocycles. The highest BCUT2D eigenvalue weighted by Crippen LogP contribution is 2.45. The maximum Gasteiger partial charge on any atom is 0.497 e. The third-order valence-corrected chi connectivity index (χ3v) is 9.67. The molecule has 0 unspecified atom stereocenters. The molecule has 0 spiro atoms. The van der Waals surface area contributed by atoms with E-state index >= 15 is 0 Å². The van der Waals surface area contributed by atoms with Crippen LogP contribution in [0.1, 0.15) is 53.2 Å². The molecule has 0 bridgehead atoms. The maximum absolute atomic E-state index is 13.4. The Labute approximate surface area is 186 Å². The Morgan fingerprint density at radius 2 is 1.74 bits per heavy atom. The monoisotopic (exact) mass is 474 g/mol. The molecular weight excluding hydrogens is 449 g/mol. The number of nitrogens with zero attached hydrogens (tertiary/aromatic N) is 2. The number of benzene rings is 1. The molecular formula is C20H26BClF2N2O4S. The number of sulfone groups is 1. The topological polar surface area (TPSA) is 70.4 Å². The Bertz CT molecular complexity index is 1130. The summed E-state index contributed by atoms with van der Waals surface area (Å²) < 4.78 is 65.1. The number of aromatic nitrogens is 2. The Morgan fingerprint density at radius 1 is 1.16 bits per heavy atom. The van der Waals surface area contributed by atoms with Crippen molar-refractivity contribution in [3.8, 4) is 0 Å². The van der Waals surface area contributed by atoms with E-state index in [1.54, 1.807) is 19.1 Å². The van der Waals surface area contributed by atoms with Crippen LogP contribution in [0.15, 0.2) is 12.1 Å². The van der Waals surface area contributed by atoms with Crippen molar-refractivity contribution < 1.29 is 26.5 Å². The van der Waals surface area contributed by atoms with Crippen molar-refractivity contribution in [2.75, 3.05) is 0 Å². The Balaban J connectivity index is 1.88. The van der Waals surface area contributed by atoms with Gasteiger partial charge in [0.25, 0.3) is 6.43 Å². The third kappa shape index (κ3) is 3.79. The van der Waals surface area contributed by atoms with Crippen LogP contribution in [0.5, 0.6) is 0 Å². The van der Waals surface area contributed by atoms with Crippen molar-refractivity contribution in [3.05, 3.63) is 22.8 Å². The summed E-state index contributed by atoms with van der Waals surface area (Å²) >= 11 is 6.44. The van der Waals surface area contributed by atoms with Crippen LogP contribution < -0.4 is 5.46 Å². The van der Waals surface area contributed by atoms with E-state index in [9.17, 15) is 17.2 Å². The molecule has 2 aliphatic rings. The second-order valence-electron chi connectivity index (χ2n) is 9.68. The summed E-state index contributed by atoms with van der Waals surface area (Å²) in [6.07, 6.45) is -1.52. The lowest BCUT2D eigenvalue weighted by molar-refractivity contribution is 0.00578. The molecule has 2 fully saturated rings. The van der Waals surface area contributed by atoms with Crippen LogP contribution in [0, 0.1) is 0 Å². The summed E-state index contributed by atoms with van der Waals surface area (Å²) in [5, 5.41) is 4.88. The fraction of sp³-hybridized carbons (Fsp3) is 0.650. The Morgan fingerprint density at radius 3 is 2.26 bits per heavy atom. The maximum atomic E-state index is 13.4. The molecule has 31 heavy (non-hydrogen) atoms. The second-order valence-corrected chi connectivity index (χ2v) is 12.6. The van der Waals surface area contributed by atoms with Gasteiger partial charge in [-0.15, -0.1) is 0 Å². The van der Waals surface area contributed by atoms with Gasteiger partial charge in [-0.1, -0.05) is 17.7 Å². The first-order valence-electron chi connectivity index (χ1n) is 10.2. The molecule has 1 saturated carbocycles. The lowest BCUT2D eigenvalue weighted by atomic mass is 9.77. The van der Waals surface area contributed by atoms with Crippen LogP contribution in [0.25, 0.3) is 10.9 Å². The van der Waals surface area contributed by atoms with E-state index in [4.69, 9.17) is 20.9 Å². The van der Waals surface area contributed by atoms with E-state index in [1.807, 2.05) is 27.7 Å². The summed E-state index contributed by atoms with van der Waals surface area (Å²) in [5.74, 6) is -0.358. The van der Waals surface area contributed by atoms with Crippen LogP contribution in [-0.4, -0.2) is 47.7 Å². The Kier molecular flexibility index (Phi) is 5.28. The first kappa shape index (κ1) is 23.0. The molecule has 0 amide bonds. The highest BCUT2D eigenvalue weighted by molar-refractivity contribution is 7.92. The highest BCUT2D eigenvalue weighted by Gasteiger charge is 2.53. The predicted octanol–water partition coefficient (Wildman–Crippen LogP) is 3.72. The Hall–Kier alpha value is -1.23. The van der Waals surface area contributed by atoms with E-state index in [2.05, 4.69) is 5.10 Å². The molecule has 0 N–H and O–H groups in total. The van der Waals surface area contributed by atoms with E-state index in [1.165, 1.54) is 0 Å². The average molecular weight is 475 g/mol. The van der Waals surface area contributed by atoms with E-state index in [0.29, 0.717) is 29.2 Å². The van der Waals surface area contributed by atoms with Crippen LogP contribution in [0.4, 0.5) is 8.78 Å². The van der Waals surface area contributed by atoms with Crippen molar-refractivity contribution in [2.45, 2.75) is 82.1 Å². The lowest BCUT2D eigenvalue weighted by Gasteiger charge is -2.32. The number of fused-ring (bicyclic) bond motifs is 1. The molecule has 4 rings (SSSR count). The molecule has 0 atom stereocenters. The van der Waals surface area contributed by atoms with Gasteiger partial charge in [-0.2, -0.15) is 5.10 Å². The summed E-state index contributed by atoms with van der Waals surface area (Å²) in [7, 11) is -4.35. The minimum absolute atomic E-state index is 0.173. The zero-order valence-corrected chi connectivity index (χ0v) is 19.8. The van der Waals surface area contributed by atoms with Crippen molar-refractivity contribution in [3.63, 3.8) is 0 Å². The molecule has 1 aromatic heterocycles. The summed E-state index contributed by atoms with van der Waals surface area (Å²) in [5.41, 5.74) is -0.287. The van der Waals surface area contributed by atoms with Crippen LogP contribution in [0.2, 0.25) is 5.02 Å². The van der Waals surface area contributed by atoms with Crippen molar-refractivity contribution in [1.82, 2.24) is 9.78 Å². The molecule has 170 valence electrons. The quantitative estimate of drug-likeness (QED) is 0.597. The average Bonchev–Trinajstić information content (AvgIpc) is 3.23. The largest absolute Gasteiger partial charge is 0.497 e. The first-order valence-corrected chi connectivity index (χ1v) is 12.2. The fourth-order valence-corrected chi connectivity index (χ4v) is 5.64. The van der Waals surface area contributed by atoms with Gasteiger partial charge in [0.05, 0.1) is 37.9 Å². The fourth-order valence-electron chi connectivity index (χ4n) is 3.75. The van der Waals surface area contributed by atoms with E-state index < -0.39 is 45.9 Å². The van der Waals surface area contributed by atoms with Gasteiger partial charge in [-0.25, -0.2) is 17.2 Å². The van der Waals surface area contributed by atoms with Gasteiger partial charge < -0.3 is 9.31 Å². The number of hydrogen-bond donors (Lipinski definition) is 0. The molecule has 6 nitrogen and oxygen atoms in total. The van der Waals surface area contributed by atoms with Gasteiger partial charge in [0.1, 0.15) is 6.54 Å². The molecule has 0 radical (unpaired) electrons. The summed E-state index contributed by atoms with van der Waals surface area (Å²) in [6, 6.07) is 3.27. The summed E-state index contributed by atoms with van der Waals surface area (Å²) in [4.78, 5) is 0. The number of hydrogen-bond acceptors (Lipinski definition) is 5. The zero-order chi connectivity index (χ0) is 23.0. The standard InChI is InChI=1S/C20H26BClF2N2O4S/c1-18(2)19(3,4)30-21(29-18)12-6-7-13(22)16-14(11-31(27,28)20(5)8-9-20)25-26(17(12)16)10-15(23)24/h6-7,15H,8-11H2,1-5H3. The van der Waals surface area contributed by atoms with Gasteiger partial charge >= 0.3 is 7.12 Å². The number of rotatable bonds is 6. The van der Waals surface area contributed by atoms with Gasteiger partial charge in [0, 0.05) is 10.8 Å². The predicted molar refractivity (Wildman–Crippen MR) is 117 cm³/mol. The van der Waals surface area contributed by atoms with Crippen LogP contribution in [0.3, 0.4) is 0 Å². The smallest absolute Gasteiger partial charge is 0.399 e. The van der Waals surface area contributed by atoms with Crippen molar-refractivity contribution in [1.29, 1.82) is 0 Å². The SMILES string of the molecule is CC1(C)OB(c2ccc(Cl)c3c(CS(=O)(=O)C4(C)CC4)nn(CC(F)F)c23)OC1(C)C. The normalized spacial score (nSPS) is 21.9. The molecule has 2 heterocycles. The van der Waals surface area contributed by atoms with E-state index in [-0.39, 0.29) is 16.5 Å². The molecule has 1 saturated heterocycles. The molecule has 1 aromatic carbocycles. The van der Waals surface area contributed by atoms with Gasteiger partial charge in [-0.3, -0.25) is 4.68 Å². The minimum Gasteiger partial charge on any atom is -0.399 e. The zero-order valence-electron chi connectivity index (χ0n) is 18.2. The number of alkyl halides is 2. The van der Waals surface area contributed by atoms with Crippen molar-refractivity contribution in [2.24, 2.45) is 0 Å². The second kappa shape index (κ2) is 7.14. The highest BCUT2D eigenvalue weighted by atomic mass is 35.5. The van der Waals surface area contributed by atoms with Gasteiger partial charge in [0.15, 0.2) is 9.84 Å². The van der Waals surface area contributed by atoms with Gasteiger partial charge in [-0.05, 0) is 53.5 Å². The minimum atomic E-state index is -3.52. The molecule has 11 heteroatoms. The van der Waals surface area contributed by atoms with Crippen molar-refractivity contribution >= 4 is 44.9 Å². The third-order valence-electron chi connectivity index (χ3n) is 6.80. The molecule has 2 aromatic rings. The lowest BCUT2D eigenvalue weighted by Crippen LogP contribution is -2.41. The van der Waals surface area contributed by atoms with Crippen LogP contribution >= 0.6 is 11.6 Å². The number of halogens is 3. The van der Waals surface area contributed by atoms with E-state index in [0.717, 1.165) is 4.68 Å². The van der Waals surface area contributed by atoms with Gasteiger partial charge in [0.2, 0.25) is 0 Å². The molecule has 1 aliphatic heterocycles. The summed E-state index contributed by atoms with van der Waals surface area (Å²) in [6.45, 7) is 8.57. The first-order chi connectivity index (χ1) is 14.2. The van der Waals surface area contributed by atoms with Crippen LogP contribution in [-0.2, 0) is 31.4 Å².